The van der Waals surface area contributed by atoms with Gasteiger partial charge in [0, 0.05) is 42.2 Å². The number of nitrogens with one attached hydrogen (secondary N) is 2. The lowest BCUT2D eigenvalue weighted by molar-refractivity contribution is 0.102. The number of likely N-dealkylation sites (tertiary alicyclic amines) is 1. The van der Waals surface area contributed by atoms with Crippen molar-refractivity contribution in [2.45, 2.75) is 18.8 Å². The second-order valence-corrected chi connectivity index (χ2v) is 8.70. The number of halogens is 1. The van der Waals surface area contributed by atoms with Crippen LogP contribution in [0.1, 0.15) is 34.3 Å². The van der Waals surface area contributed by atoms with Gasteiger partial charge in [-0.25, -0.2) is 14.2 Å². The molecule has 6 nitrogen and oxygen atoms in total. The van der Waals surface area contributed by atoms with E-state index in [4.69, 9.17) is 0 Å². The molecule has 0 radical (unpaired) electrons. The third kappa shape index (κ3) is 5.46. The molecular weight excluding hydrogens is 439 g/mol. The van der Waals surface area contributed by atoms with Crippen molar-refractivity contribution in [2.75, 3.05) is 25.0 Å². The molecule has 170 valence electrons. The van der Waals surface area contributed by atoms with Gasteiger partial charge in [0.2, 0.25) is 0 Å². The summed E-state index contributed by atoms with van der Waals surface area (Å²) in [5, 5.41) is 8.43. The minimum Gasteiger partial charge on any atom is -0.335 e. The number of urea groups is 1. The first-order valence-electron chi connectivity index (χ1n) is 10.8. The van der Waals surface area contributed by atoms with E-state index in [0.717, 1.165) is 29.0 Å². The van der Waals surface area contributed by atoms with Crippen LogP contribution >= 0.6 is 11.3 Å². The third-order valence-electron chi connectivity index (χ3n) is 5.61. The lowest BCUT2D eigenvalue weighted by Crippen LogP contribution is -2.44. The predicted octanol–water partition coefficient (Wildman–Crippen LogP) is 5.28. The molecule has 1 saturated heterocycles. The van der Waals surface area contributed by atoms with Crippen molar-refractivity contribution in [2.24, 2.45) is 0 Å². The maximum absolute atomic E-state index is 13.3. The van der Waals surface area contributed by atoms with Crippen LogP contribution in [0, 0.1) is 5.82 Å². The van der Waals surface area contributed by atoms with E-state index in [1.807, 2.05) is 24.3 Å². The number of hydrogen-bond donors (Lipinski definition) is 2. The fourth-order valence-corrected chi connectivity index (χ4v) is 4.81. The van der Waals surface area contributed by atoms with E-state index in [1.165, 1.54) is 23.5 Å². The monoisotopic (exact) mass is 464 g/mol. The van der Waals surface area contributed by atoms with Crippen molar-refractivity contribution < 1.29 is 14.0 Å². The Kier molecular flexibility index (Phi) is 7.14. The Labute approximate surface area is 196 Å². The van der Waals surface area contributed by atoms with Gasteiger partial charge in [0.05, 0.1) is 5.01 Å². The predicted molar refractivity (Wildman–Crippen MR) is 129 cm³/mol. The third-order valence-corrected chi connectivity index (χ3v) is 6.62. The molecule has 2 N–H and O–H groups in total. The standard InChI is InChI=1S/C25H25FN4O2S/c1-2-13-27-25(32)30-14-11-18(12-15-30)24-29-22(16-33-24)23(31)28-21-6-4-3-5-20(21)17-7-9-19(26)10-8-17/h2-10,16,18H,1,11-15H2,(H,27,32)(H,28,31). The molecule has 3 amide bonds. The van der Waals surface area contributed by atoms with E-state index in [2.05, 4.69) is 22.2 Å². The van der Waals surface area contributed by atoms with Crippen molar-refractivity contribution in [3.05, 3.63) is 83.1 Å². The van der Waals surface area contributed by atoms with Gasteiger partial charge >= 0.3 is 6.03 Å². The molecule has 0 atom stereocenters. The van der Waals surface area contributed by atoms with Crippen LogP contribution in [0.4, 0.5) is 14.9 Å². The number of thiazole rings is 1. The SMILES string of the molecule is C=CCNC(=O)N1CCC(c2nc(C(=O)Nc3ccccc3-c3ccc(F)cc3)cs2)CC1. The number of hydrogen-bond acceptors (Lipinski definition) is 4. The average Bonchev–Trinajstić information content (AvgIpc) is 3.34. The number of anilines is 1. The highest BCUT2D eigenvalue weighted by atomic mass is 32.1. The molecule has 1 fully saturated rings. The van der Waals surface area contributed by atoms with Crippen LogP contribution in [0.25, 0.3) is 11.1 Å². The average molecular weight is 465 g/mol. The molecule has 0 saturated carbocycles. The van der Waals surface area contributed by atoms with Gasteiger partial charge in [0.25, 0.3) is 5.91 Å². The highest BCUT2D eigenvalue weighted by Gasteiger charge is 2.26. The molecule has 1 aliphatic heterocycles. The number of aromatic nitrogens is 1. The molecule has 2 heterocycles. The Morgan fingerprint density at radius 1 is 1.15 bits per heavy atom. The van der Waals surface area contributed by atoms with Gasteiger partial charge in [0.1, 0.15) is 11.5 Å². The van der Waals surface area contributed by atoms with Gasteiger partial charge in [-0.1, -0.05) is 36.4 Å². The summed E-state index contributed by atoms with van der Waals surface area (Å²) in [6.45, 7) is 5.37. The van der Waals surface area contributed by atoms with Gasteiger partial charge in [-0.05, 0) is 36.6 Å². The van der Waals surface area contributed by atoms with Gasteiger partial charge in [0.15, 0.2) is 0 Å². The molecule has 1 aromatic heterocycles. The molecule has 1 aliphatic rings. The van der Waals surface area contributed by atoms with Gasteiger partial charge in [-0.3, -0.25) is 4.79 Å². The summed E-state index contributed by atoms with van der Waals surface area (Å²) in [6.07, 6.45) is 3.28. The maximum Gasteiger partial charge on any atom is 0.317 e. The summed E-state index contributed by atoms with van der Waals surface area (Å²) in [6, 6.07) is 13.5. The topological polar surface area (TPSA) is 74.3 Å². The quantitative estimate of drug-likeness (QED) is 0.488. The highest BCUT2D eigenvalue weighted by molar-refractivity contribution is 7.10. The van der Waals surface area contributed by atoms with E-state index in [9.17, 15) is 14.0 Å². The number of carbonyl (C=O) groups excluding carboxylic acids is 2. The number of piperidine rings is 1. The Morgan fingerprint density at radius 3 is 2.61 bits per heavy atom. The maximum atomic E-state index is 13.3. The summed E-state index contributed by atoms with van der Waals surface area (Å²) in [7, 11) is 0. The van der Waals surface area contributed by atoms with Crippen molar-refractivity contribution in [3.8, 4) is 11.1 Å². The normalized spacial score (nSPS) is 14.0. The second kappa shape index (κ2) is 10.4. The first kappa shape index (κ1) is 22.7. The fourth-order valence-electron chi connectivity index (χ4n) is 3.84. The van der Waals surface area contributed by atoms with Crippen LogP contribution in [0.3, 0.4) is 0 Å². The van der Waals surface area contributed by atoms with Crippen LogP contribution in [0.5, 0.6) is 0 Å². The van der Waals surface area contributed by atoms with E-state index in [0.29, 0.717) is 31.0 Å². The zero-order valence-electron chi connectivity index (χ0n) is 18.1. The van der Waals surface area contributed by atoms with E-state index < -0.39 is 0 Å². The summed E-state index contributed by atoms with van der Waals surface area (Å²) in [5.74, 6) is -0.363. The smallest absolute Gasteiger partial charge is 0.317 e. The number of amides is 3. The first-order chi connectivity index (χ1) is 16.0. The Bertz CT molecular complexity index is 1140. The largest absolute Gasteiger partial charge is 0.335 e. The zero-order chi connectivity index (χ0) is 23.2. The van der Waals surface area contributed by atoms with Gasteiger partial charge < -0.3 is 15.5 Å². The van der Waals surface area contributed by atoms with Crippen LogP contribution in [-0.4, -0.2) is 41.5 Å². The molecule has 8 heteroatoms. The molecule has 0 aliphatic carbocycles. The van der Waals surface area contributed by atoms with Crippen molar-refractivity contribution in [3.63, 3.8) is 0 Å². The number of para-hydroxylation sites is 1. The molecule has 0 unspecified atom stereocenters. The van der Waals surface area contributed by atoms with Gasteiger partial charge in [-0.2, -0.15) is 0 Å². The van der Waals surface area contributed by atoms with Gasteiger partial charge in [-0.15, -0.1) is 17.9 Å². The Morgan fingerprint density at radius 2 is 1.88 bits per heavy atom. The number of rotatable bonds is 6. The van der Waals surface area contributed by atoms with Crippen LogP contribution < -0.4 is 10.6 Å². The van der Waals surface area contributed by atoms with Crippen LogP contribution in [-0.2, 0) is 0 Å². The summed E-state index contributed by atoms with van der Waals surface area (Å²) in [5.41, 5.74) is 2.64. The lowest BCUT2D eigenvalue weighted by Gasteiger charge is -2.31. The second-order valence-electron chi connectivity index (χ2n) is 7.81. The molecule has 33 heavy (non-hydrogen) atoms. The van der Waals surface area contributed by atoms with E-state index in [1.54, 1.807) is 28.5 Å². The van der Waals surface area contributed by atoms with Crippen LogP contribution in [0.2, 0.25) is 0 Å². The minimum absolute atomic E-state index is 0.0765. The number of carbonyl (C=O) groups is 2. The molecule has 0 spiro atoms. The minimum atomic E-state index is -0.307. The molecule has 4 rings (SSSR count). The number of nitrogens with zero attached hydrogens (tertiary/aromatic N) is 2. The molecular formula is C25H25FN4O2S. The Hall–Kier alpha value is -3.52. The zero-order valence-corrected chi connectivity index (χ0v) is 18.9. The van der Waals surface area contributed by atoms with Crippen molar-refractivity contribution >= 4 is 29.0 Å². The number of benzene rings is 2. The van der Waals surface area contributed by atoms with E-state index in [-0.39, 0.29) is 23.7 Å². The molecule has 3 aromatic rings. The first-order valence-corrected chi connectivity index (χ1v) is 11.7. The van der Waals surface area contributed by atoms with Crippen molar-refractivity contribution in [1.82, 2.24) is 15.2 Å². The summed E-state index contributed by atoms with van der Waals surface area (Å²) >= 11 is 1.47. The fraction of sp³-hybridized carbons (Fsp3) is 0.240. The Balaban J connectivity index is 1.40. The molecule has 2 aromatic carbocycles. The molecule has 0 bridgehead atoms. The summed E-state index contributed by atoms with van der Waals surface area (Å²) < 4.78 is 13.3. The lowest BCUT2D eigenvalue weighted by atomic mass is 9.98. The summed E-state index contributed by atoms with van der Waals surface area (Å²) in [4.78, 5) is 31.4. The van der Waals surface area contributed by atoms with E-state index >= 15 is 0 Å². The van der Waals surface area contributed by atoms with Crippen LogP contribution in [0.15, 0.2) is 66.6 Å². The van der Waals surface area contributed by atoms with Crippen molar-refractivity contribution in [1.29, 1.82) is 0 Å². The highest BCUT2D eigenvalue weighted by Crippen LogP contribution is 2.31.